The molecule has 0 radical (unpaired) electrons. The third-order valence-corrected chi connectivity index (χ3v) is 2.91. The second-order valence-electron chi connectivity index (χ2n) is 3.89. The van der Waals surface area contributed by atoms with Gasteiger partial charge in [-0.25, -0.2) is 0 Å². The third kappa shape index (κ3) is 1.99. The molecule has 0 saturated heterocycles. The van der Waals surface area contributed by atoms with E-state index in [1.165, 1.54) is 0 Å². The SMILES string of the molecule is CCC(C)C1OCC(C)=C(C)C1=O. The number of carbonyl (C=O) groups excluding carboxylic acids is 1. The molecule has 74 valence electrons. The van der Waals surface area contributed by atoms with E-state index in [9.17, 15) is 4.79 Å². The van der Waals surface area contributed by atoms with Crippen LogP contribution in [0.3, 0.4) is 0 Å². The normalized spacial score (nSPS) is 26.5. The van der Waals surface area contributed by atoms with Gasteiger partial charge in [-0.05, 0) is 30.9 Å². The first-order chi connectivity index (χ1) is 6.07. The zero-order valence-electron chi connectivity index (χ0n) is 8.89. The molecule has 0 N–H and O–H groups in total. The van der Waals surface area contributed by atoms with Gasteiger partial charge >= 0.3 is 0 Å². The summed E-state index contributed by atoms with van der Waals surface area (Å²) in [5.74, 6) is 0.508. The summed E-state index contributed by atoms with van der Waals surface area (Å²) < 4.78 is 5.52. The lowest BCUT2D eigenvalue weighted by molar-refractivity contribution is -0.131. The Bertz CT molecular complexity index is 240. The summed E-state index contributed by atoms with van der Waals surface area (Å²) in [7, 11) is 0. The van der Waals surface area contributed by atoms with Crippen LogP contribution in [0.1, 0.15) is 34.1 Å². The van der Waals surface area contributed by atoms with Gasteiger partial charge in [0, 0.05) is 0 Å². The molecule has 0 aromatic rings. The molecule has 13 heavy (non-hydrogen) atoms. The lowest BCUT2D eigenvalue weighted by Gasteiger charge is -2.27. The van der Waals surface area contributed by atoms with Crippen LogP contribution in [0.15, 0.2) is 11.1 Å². The van der Waals surface area contributed by atoms with Crippen molar-refractivity contribution in [3.8, 4) is 0 Å². The number of rotatable bonds is 2. The first-order valence-electron chi connectivity index (χ1n) is 4.90. The second-order valence-corrected chi connectivity index (χ2v) is 3.89. The van der Waals surface area contributed by atoms with E-state index in [-0.39, 0.29) is 11.9 Å². The highest BCUT2D eigenvalue weighted by Crippen LogP contribution is 2.23. The monoisotopic (exact) mass is 182 g/mol. The molecule has 1 aliphatic rings. The summed E-state index contributed by atoms with van der Waals surface area (Å²) in [6.45, 7) is 8.63. The van der Waals surface area contributed by atoms with Crippen molar-refractivity contribution in [2.75, 3.05) is 6.61 Å². The van der Waals surface area contributed by atoms with Crippen molar-refractivity contribution in [1.82, 2.24) is 0 Å². The summed E-state index contributed by atoms with van der Waals surface area (Å²) >= 11 is 0. The first kappa shape index (κ1) is 10.5. The van der Waals surface area contributed by atoms with Crippen molar-refractivity contribution in [3.05, 3.63) is 11.1 Å². The van der Waals surface area contributed by atoms with Crippen molar-refractivity contribution >= 4 is 5.78 Å². The summed E-state index contributed by atoms with van der Waals surface area (Å²) in [5.41, 5.74) is 1.97. The van der Waals surface area contributed by atoms with Crippen LogP contribution in [0, 0.1) is 5.92 Å². The number of ether oxygens (including phenoxy) is 1. The molecule has 0 aromatic heterocycles. The van der Waals surface area contributed by atoms with Gasteiger partial charge in [-0.3, -0.25) is 4.79 Å². The van der Waals surface area contributed by atoms with Gasteiger partial charge in [0.05, 0.1) is 6.61 Å². The Morgan fingerprint density at radius 1 is 1.54 bits per heavy atom. The van der Waals surface area contributed by atoms with Crippen LogP contribution in [-0.2, 0) is 9.53 Å². The number of Topliss-reactive ketones (excluding diaryl/α,β-unsaturated/α-hetero) is 1. The smallest absolute Gasteiger partial charge is 0.187 e. The molecule has 2 heteroatoms. The third-order valence-electron chi connectivity index (χ3n) is 2.91. The topological polar surface area (TPSA) is 26.3 Å². The average Bonchev–Trinajstić information content (AvgIpc) is 2.13. The maximum absolute atomic E-state index is 11.8. The van der Waals surface area contributed by atoms with Crippen LogP contribution in [0.4, 0.5) is 0 Å². The van der Waals surface area contributed by atoms with E-state index >= 15 is 0 Å². The van der Waals surface area contributed by atoms with E-state index in [0.29, 0.717) is 12.5 Å². The molecule has 0 saturated carbocycles. The van der Waals surface area contributed by atoms with Gasteiger partial charge in [0.1, 0.15) is 6.10 Å². The molecule has 1 heterocycles. The van der Waals surface area contributed by atoms with E-state index < -0.39 is 0 Å². The van der Waals surface area contributed by atoms with E-state index in [2.05, 4.69) is 13.8 Å². The molecule has 2 nitrogen and oxygen atoms in total. The Morgan fingerprint density at radius 3 is 2.69 bits per heavy atom. The van der Waals surface area contributed by atoms with Crippen molar-refractivity contribution in [1.29, 1.82) is 0 Å². The van der Waals surface area contributed by atoms with E-state index in [1.807, 2.05) is 13.8 Å². The predicted molar refractivity (Wildman–Crippen MR) is 52.6 cm³/mol. The zero-order chi connectivity index (χ0) is 10.0. The van der Waals surface area contributed by atoms with Gasteiger partial charge in [-0.1, -0.05) is 20.3 Å². The van der Waals surface area contributed by atoms with Crippen LogP contribution in [-0.4, -0.2) is 18.5 Å². The van der Waals surface area contributed by atoms with Crippen LogP contribution < -0.4 is 0 Å². The lowest BCUT2D eigenvalue weighted by atomic mass is 9.91. The van der Waals surface area contributed by atoms with Crippen LogP contribution in [0.5, 0.6) is 0 Å². The second kappa shape index (κ2) is 4.05. The fraction of sp³-hybridized carbons (Fsp3) is 0.727. The Kier molecular flexibility index (Phi) is 3.26. The Morgan fingerprint density at radius 2 is 2.15 bits per heavy atom. The Balaban J connectivity index is 2.80. The molecule has 0 amide bonds. The van der Waals surface area contributed by atoms with Crippen LogP contribution in [0.2, 0.25) is 0 Å². The number of hydrogen-bond donors (Lipinski definition) is 0. The Labute approximate surface area is 80.0 Å². The van der Waals surface area contributed by atoms with Crippen molar-refractivity contribution < 1.29 is 9.53 Å². The zero-order valence-corrected chi connectivity index (χ0v) is 8.89. The molecule has 2 atom stereocenters. The maximum atomic E-state index is 11.8. The molecule has 0 aliphatic carbocycles. The molecule has 0 fully saturated rings. The highest BCUT2D eigenvalue weighted by Gasteiger charge is 2.29. The molecular weight excluding hydrogens is 164 g/mol. The highest BCUT2D eigenvalue weighted by atomic mass is 16.5. The van der Waals surface area contributed by atoms with Crippen molar-refractivity contribution in [3.63, 3.8) is 0 Å². The summed E-state index contributed by atoms with van der Waals surface area (Å²) in [4.78, 5) is 11.8. The largest absolute Gasteiger partial charge is 0.365 e. The summed E-state index contributed by atoms with van der Waals surface area (Å²) in [6, 6.07) is 0. The maximum Gasteiger partial charge on any atom is 0.187 e. The molecule has 0 spiro atoms. The molecule has 1 rings (SSSR count). The highest BCUT2D eigenvalue weighted by molar-refractivity contribution is 5.99. The summed E-state index contributed by atoms with van der Waals surface area (Å²) in [5, 5.41) is 0. The Hall–Kier alpha value is -0.630. The minimum atomic E-state index is -0.200. The minimum absolute atomic E-state index is 0.179. The predicted octanol–water partition coefficient (Wildman–Crippen LogP) is 2.34. The minimum Gasteiger partial charge on any atom is -0.365 e. The van der Waals surface area contributed by atoms with Gasteiger partial charge in [-0.2, -0.15) is 0 Å². The lowest BCUT2D eigenvalue weighted by Crippen LogP contribution is -2.36. The van der Waals surface area contributed by atoms with Crippen LogP contribution >= 0.6 is 0 Å². The fourth-order valence-electron chi connectivity index (χ4n) is 1.46. The molecule has 2 unspecified atom stereocenters. The average molecular weight is 182 g/mol. The molecular formula is C11H18O2. The number of hydrogen-bond acceptors (Lipinski definition) is 2. The van der Waals surface area contributed by atoms with E-state index in [1.54, 1.807) is 0 Å². The molecule has 1 aliphatic heterocycles. The van der Waals surface area contributed by atoms with Gasteiger partial charge in [0.2, 0.25) is 0 Å². The molecule has 0 aromatic carbocycles. The first-order valence-corrected chi connectivity index (χ1v) is 4.90. The summed E-state index contributed by atoms with van der Waals surface area (Å²) in [6.07, 6.45) is 0.789. The van der Waals surface area contributed by atoms with E-state index in [0.717, 1.165) is 17.6 Å². The number of carbonyl (C=O) groups is 1. The fourth-order valence-corrected chi connectivity index (χ4v) is 1.46. The van der Waals surface area contributed by atoms with E-state index in [4.69, 9.17) is 4.74 Å². The standard InChI is InChI=1S/C11H18O2/c1-5-7(2)11-10(12)9(4)8(3)6-13-11/h7,11H,5-6H2,1-4H3. The van der Waals surface area contributed by atoms with Gasteiger partial charge in [0.15, 0.2) is 5.78 Å². The van der Waals surface area contributed by atoms with Crippen molar-refractivity contribution in [2.45, 2.75) is 40.2 Å². The van der Waals surface area contributed by atoms with Gasteiger partial charge in [-0.15, -0.1) is 0 Å². The molecule has 0 bridgehead atoms. The number of ketones is 1. The quantitative estimate of drug-likeness (QED) is 0.655. The van der Waals surface area contributed by atoms with Gasteiger partial charge < -0.3 is 4.74 Å². The van der Waals surface area contributed by atoms with Crippen molar-refractivity contribution in [2.24, 2.45) is 5.92 Å². The van der Waals surface area contributed by atoms with Crippen LogP contribution in [0.25, 0.3) is 0 Å². The van der Waals surface area contributed by atoms with Gasteiger partial charge in [0.25, 0.3) is 0 Å².